The Bertz CT molecular complexity index is 1710. The zero-order chi connectivity index (χ0) is 26.1. The maximum Gasteiger partial charge on any atom is 0.338 e. The van der Waals surface area contributed by atoms with Crippen molar-refractivity contribution in [2.24, 2.45) is 4.99 Å². The standard InChI is InChI=1S/C28H20ClIN2O4S/c1-2-36-27(35)22-23(16-9-5-3-6-10-16)31-28-32(24(22)17-11-7-4-8-12-17)26(34)21(37-28)14-18-13-19(29)15-20(30)25(18)33/h3-15,24,33H,2H2,1H3/b21-14-/t24-/m1/s1. The molecule has 0 radical (unpaired) electrons. The summed E-state index contributed by atoms with van der Waals surface area (Å²) >= 11 is 9.39. The topological polar surface area (TPSA) is 80.9 Å². The van der Waals surface area contributed by atoms with E-state index in [1.807, 2.05) is 83.3 Å². The number of fused-ring (bicyclic) bond motifs is 1. The second kappa shape index (κ2) is 10.6. The van der Waals surface area contributed by atoms with Crippen LogP contribution in [-0.4, -0.2) is 22.2 Å². The van der Waals surface area contributed by atoms with Crippen molar-refractivity contribution in [3.8, 4) is 5.75 Å². The number of hydrogen-bond acceptors (Lipinski definition) is 6. The fraction of sp³-hybridized carbons (Fsp3) is 0.107. The highest BCUT2D eigenvalue weighted by atomic mass is 127. The number of phenols is 1. The largest absolute Gasteiger partial charge is 0.506 e. The molecule has 37 heavy (non-hydrogen) atoms. The first kappa shape index (κ1) is 25.4. The van der Waals surface area contributed by atoms with Crippen molar-refractivity contribution in [1.29, 1.82) is 0 Å². The number of carbonyl (C=O) groups is 1. The summed E-state index contributed by atoms with van der Waals surface area (Å²) in [6.07, 6.45) is 1.60. The zero-order valence-electron chi connectivity index (χ0n) is 19.5. The fourth-order valence-electron chi connectivity index (χ4n) is 4.23. The van der Waals surface area contributed by atoms with Gasteiger partial charge in [0.25, 0.3) is 5.56 Å². The van der Waals surface area contributed by atoms with Gasteiger partial charge in [0.05, 0.1) is 32.0 Å². The van der Waals surface area contributed by atoms with E-state index in [0.29, 0.717) is 34.8 Å². The first-order chi connectivity index (χ1) is 17.9. The Hall–Kier alpha value is -3.21. The Morgan fingerprint density at radius 1 is 1.16 bits per heavy atom. The van der Waals surface area contributed by atoms with Crippen molar-refractivity contribution in [2.45, 2.75) is 13.0 Å². The molecule has 1 aliphatic rings. The minimum Gasteiger partial charge on any atom is -0.506 e. The van der Waals surface area contributed by atoms with Gasteiger partial charge in [-0.2, -0.15) is 0 Å². The van der Waals surface area contributed by atoms with Gasteiger partial charge < -0.3 is 9.84 Å². The van der Waals surface area contributed by atoms with Crippen LogP contribution in [0, 0.1) is 3.57 Å². The van der Waals surface area contributed by atoms with E-state index in [1.165, 1.54) is 15.9 Å². The number of halogens is 2. The third-order valence-electron chi connectivity index (χ3n) is 5.83. The summed E-state index contributed by atoms with van der Waals surface area (Å²) in [5.74, 6) is -0.497. The van der Waals surface area contributed by atoms with Crippen LogP contribution in [0.5, 0.6) is 5.75 Å². The van der Waals surface area contributed by atoms with E-state index in [9.17, 15) is 14.7 Å². The monoisotopic (exact) mass is 642 g/mol. The minimum absolute atomic E-state index is 0.0348. The van der Waals surface area contributed by atoms with E-state index in [2.05, 4.69) is 0 Å². The number of aromatic nitrogens is 1. The molecule has 0 spiro atoms. The summed E-state index contributed by atoms with van der Waals surface area (Å²) in [5, 5.41) is 11.0. The van der Waals surface area contributed by atoms with Crippen molar-refractivity contribution in [2.75, 3.05) is 6.61 Å². The number of ether oxygens (including phenoxy) is 1. The van der Waals surface area contributed by atoms with Crippen molar-refractivity contribution >= 4 is 63.3 Å². The molecule has 186 valence electrons. The van der Waals surface area contributed by atoms with Crippen LogP contribution in [0.2, 0.25) is 5.02 Å². The molecule has 1 N–H and O–H groups in total. The molecule has 5 rings (SSSR count). The lowest BCUT2D eigenvalue weighted by Gasteiger charge is -2.25. The molecule has 9 heteroatoms. The lowest BCUT2D eigenvalue weighted by molar-refractivity contribution is -0.138. The van der Waals surface area contributed by atoms with Crippen LogP contribution in [0.4, 0.5) is 0 Å². The Balaban J connectivity index is 1.84. The molecule has 0 fully saturated rings. The molecule has 0 saturated carbocycles. The van der Waals surface area contributed by atoms with Gasteiger partial charge in [0.15, 0.2) is 4.80 Å². The van der Waals surface area contributed by atoms with Gasteiger partial charge in [0.1, 0.15) is 5.75 Å². The maximum atomic E-state index is 13.8. The molecule has 4 aromatic rings. The van der Waals surface area contributed by atoms with E-state index in [4.69, 9.17) is 21.3 Å². The van der Waals surface area contributed by atoms with Crippen LogP contribution < -0.4 is 14.9 Å². The van der Waals surface area contributed by atoms with Gasteiger partial charge in [0, 0.05) is 16.1 Å². The quantitative estimate of drug-likeness (QED) is 0.248. The first-order valence-electron chi connectivity index (χ1n) is 11.4. The average molecular weight is 643 g/mol. The van der Waals surface area contributed by atoms with Crippen molar-refractivity contribution in [3.05, 3.63) is 123 Å². The lowest BCUT2D eigenvalue weighted by Crippen LogP contribution is -2.40. The molecule has 2 heterocycles. The van der Waals surface area contributed by atoms with Crippen LogP contribution in [0.15, 0.2) is 88.2 Å². The number of aromatic hydroxyl groups is 1. The fourth-order valence-corrected chi connectivity index (χ4v) is 6.28. The third-order valence-corrected chi connectivity index (χ3v) is 7.86. The van der Waals surface area contributed by atoms with Crippen molar-refractivity contribution in [3.63, 3.8) is 0 Å². The smallest absolute Gasteiger partial charge is 0.338 e. The van der Waals surface area contributed by atoms with Gasteiger partial charge >= 0.3 is 5.97 Å². The minimum atomic E-state index is -0.748. The Morgan fingerprint density at radius 3 is 2.51 bits per heavy atom. The number of phenolic OH excluding ortho intramolecular Hbond substituents is 1. The van der Waals surface area contributed by atoms with E-state index in [0.717, 1.165) is 11.1 Å². The van der Waals surface area contributed by atoms with Gasteiger partial charge in [-0.15, -0.1) is 0 Å². The molecule has 0 unspecified atom stereocenters. The number of benzene rings is 3. The molecule has 1 atom stereocenters. The van der Waals surface area contributed by atoms with E-state index in [-0.39, 0.29) is 17.9 Å². The van der Waals surface area contributed by atoms with E-state index < -0.39 is 12.0 Å². The zero-order valence-corrected chi connectivity index (χ0v) is 23.3. The molecule has 0 saturated heterocycles. The molecule has 1 aromatic heterocycles. The van der Waals surface area contributed by atoms with Gasteiger partial charge in [-0.05, 0) is 53.3 Å². The second-order valence-corrected chi connectivity index (χ2v) is 10.8. The molecule has 3 aromatic carbocycles. The Kier molecular flexibility index (Phi) is 7.32. The summed E-state index contributed by atoms with van der Waals surface area (Å²) in [6.45, 7) is 1.93. The molecule has 0 bridgehead atoms. The predicted molar refractivity (Wildman–Crippen MR) is 153 cm³/mol. The normalized spacial score (nSPS) is 15.3. The van der Waals surface area contributed by atoms with Gasteiger partial charge in [-0.3, -0.25) is 9.36 Å². The number of hydrogen-bond donors (Lipinski definition) is 1. The molecule has 0 amide bonds. The summed E-state index contributed by atoms with van der Waals surface area (Å²) in [6, 6.07) is 21.2. The van der Waals surface area contributed by atoms with Crippen LogP contribution in [0.25, 0.3) is 11.8 Å². The van der Waals surface area contributed by atoms with Gasteiger partial charge in [-0.1, -0.05) is 83.6 Å². The summed E-state index contributed by atoms with van der Waals surface area (Å²) < 4.78 is 7.91. The first-order valence-corrected chi connectivity index (χ1v) is 13.7. The van der Waals surface area contributed by atoms with E-state index >= 15 is 0 Å². The van der Waals surface area contributed by atoms with Gasteiger partial charge in [0.2, 0.25) is 0 Å². The summed E-state index contributed by atoms with van der Waals surface area (Å²) in [5.41, 5.74) is 2.33. The number of nitrogens with zero attached hydrogens (tertiary/aromatic N) is 2. The maximum absolute atomic E-state index is 13.8. The number of esters is 1. The molecule has 0 aliphatic carbocycles. The number of rotatable bonds is 5. The predicted octanol–water partition coefficient (Wildman–Crippen LogP) is 4.90. The summed E-state index contributed by atoms with van der Waals surface area (Å²) in [4.78, 5) is 32.5. The van der Waals surface area contributed by atoms with Gasteiger partial charge in [-0.25, -0.2) is 9.79 Å². The average Bonchev–Trinajstić information content (AvgIpc) is 3.21. The number of carbonyl (C=O) groups excluding carboxylic acids is 1. The second-order valence-electron chi connectivity index (χ2n) is 8.17. The van der Waals surface area contributed by atoms with Crippen LogP contribution in [-0.2, 0) is 9.53 Å². The number of thiazole rings is 1. The molecular formula is C28H20ClIN2O4S. The molecule has 1 aliphatic heterocycles. The van der Waals surface area contributed by atoms with Crippen LogP contribution in [0.3, 0.4) is 0 Å². The Labute approximate surface area is 235 Å². The third kappa shape index (κ3) is 4.88. The van der Waals surface area contributed by atoms with Crippen LogP contribution >= 0.6 is 45.5 Å². The highest BCUT2D eigenvalue weighted by Crippen LogP contribution is 2.35. The highest BCUT2D eigenvalue weighted by Gasteiger charge is 2.35. The molecular weight excluding hydrogens is 623 g/mol. The van der Waals surface area contributed by atoms with Crippen molar-refractivity contribution in [1.82, 2.24) is 4.57 Å². The lowest BCUT2D eigenvalue weighted by atomic mass is 9.93. The molecule has 6 nitrogen and oxygen atoms in total. The highest BCUT2D eigenvalue weighted by molar-refractivity contribution is 14.1. The Morgan fingerprint density at radius 2 is 1.84 bits per heavy atom. The van der Waals surface area contributed by atoms with Crippen LogP contribution in [0.1, 0.15) is 29.7 Å². The van der Waals surface area contributed by atoms with Crippen molar-refractivity contribution < 1.29 is 14.6 Å². The summed E-state index contributed by atoms with van der Waals surface area (Å²) in [7, 11) is 0. The SMILES string of the molecule is CCOC(=O)C1=C(c2ccccc2)N=c2s/c(=C\c3cc(Cl)cc(I)c3O)c(=O)n2[C@@H]1c1ccccc1. The van der Waals surface area contributed by atoms with E-state index in [1.54, 1.807) is 25.1 Å².